The quantitative estimate of drug-likeness (QED) is 0.803. The van der Waals surface area contributed by atoms with Gasteiger partial charge in [-0.2, -0.15) is 11.8 Å². The number of hydrogen-bond donors (Lipinski definition) is 2. The molecule has 0 saturated carbocycles. The van der Waals surface area contributed by atoms with Crippen molar-refractivity contribution in [2.24, 2.45) is 0 Å². The van der Waals surface area contributed by atoms with Crippen LogP contribution in [0.15, 0.2) is 11.2 Å². The summed E-state index contributed by atoms with van der Waals surface area (Å²) < 4.78 is 26.3. The monoisotopic (exact) mass is 263 g/mol. The summed E-state index contributed by atoms with van der Waals surface area (Å²) in [7, 11) is -3.45. The van der Waals surface area contributed by atoms with E-state index in [0.717, 1.165) is 5.75 Å². The van der Waals surface area contributed by atoms with Gasteiger partial charge in [-0.05, 0) is 13.2 Å². The lowest BCUT2D eigenvalue weighted by molar-refractivity contribution is 0.567. The van der Waals surface area contributed by atoms with E-state index in [0.29, 0.717) is 12.2 Å². The Labute approximate surface area is 100 Å². The molecule has 5 nitrogen and oxygen atoms in total. The van der Waals surface area contributed by atoms with Crippen LogP contribution >= 0.6 is 11.8 Å². The van der Waals surface area contributed by atoms with Crippen LogP contribution in [0.4, 0.5) is 0 Å². The number of hydrogen-bond acceptors (Lipinski definition) is 4. The molecule has 7 heteroatoms. The lowest BCUT2D eigenvalue weighted by atomic mass is 10.4. The summed E-state index contributed by atoms with van der Waals surface area (Å²) in [5.41, 5.74) is 0. The van der Waals surface area contributed by atoms with Gasteiger partial charge in [0.05, 0.1) is 6.20 Å². The molecule has 1 atom stereocenters. The molecule has 0 amide bonds. The van der Waals surface area contributed by atoms with Gasteiger partial charge >= 0.3 is 0 Å². The van der Waals surface area contributed by atoms with Crippen molar-refractivity contribution in [1.29, 1.82) is 0 Å². The van der Waals surface area contributed by atoms with E-state index in [1.165, 1.54) is 6.20 Å². The molecule has 0 saturated heterocycles. The average Bonchev–Trinajstić information content (AvgIpc) is 2.65. The SMILES string of the molecule is CCc1ncc(S(=O)(=O)NC(C)CSC)[nH]1. The van der Waals surface area contributed by atoms with Crippen LogP contribution in [0, 0.1) is 0 Å². The van der Waals surface area contributed by atoms with E-state index in [2.05, 4.69) is 14.7 Å². The smallest absolute Gasteiger partial charge is 0.257 e. The van der Waals surface area contributed by atoms with Crippen LogP contribution in [0.1, 0.15) is 19.7 Å². The molecule has 0 spiro atoms. The highest BCUT2D eigenvalue weighted by atomic mass is 32.2. The maximum atomic E-state index is 11.9. The summed E-state index contributed by atoms with van der Waals surface area (Å²) in [5, 5.41) is 0.136. The van der Waals surface area contributed by atoms with Crippen molar-refractivity contribution in [3.8, 4) is 0 Å². The summed E-state index contributed by atoms with van der Waals surface area (Å²) >= 11 is 1.60. The third-order valence-electron chi connectivity index (χ3n) is 2.00. The summed E-state index contributed by atoms with van der Waals surface area (Å²) in [4.78, 5) is 6.76. The Hall–Kier alpha value is -0.530. The van der Waals surface area contributed by atoms with Gasteiger partial charge in [-0.1, -0.05) is 6.92 Å². The Bertz CT molecular complexity index is 428. The molecule has 0 bridgehead atoms. The standard InChI is InChI=1S/C9H17N3O2S2/c1-4-8-10-5-9(11-8)16(13,14)12-7(2)6-15-3/h5,7,12H,4,6H2,1-3H3,(H,10,11). The Morgan fingerprint density at radius 3 is 2.81 bits per heavy atom. The van der Waals surface area contributed by atoms with E-state index in [1.54, 1.807) is 11.8 Å². The van der Waals surface area contributed by atoms with Crippen LogP contribution in [0.25, 0.3) is 0 Å². The molecule has 0 aliphatic heterocycles. The van der Waals surface area contributed by atoms with E-state index >= 15 is 0 Å². The summed E-state index contributed by atoms with van der Waals surface area (Å²) in [6.07, 6.45) is 3.99. The molecule has 1 aromatic rings. The van der Waals surface area contributed by atoms with Crippen molar-refractivity contribution >= 4 is 21.8 Å². The van der Waals surface area contributed by atoms with Crippen molar-refractivity contribution in [1.82, 2.24) is 14.7 Å². The van der Waals surface area contributed by atoms with E-state index in [4.69, 9.17) is 0 Å². The normalized spacial score (nSPS) is 13.9. The van der Waals surface area contributed by atoms with Gasteiger partial charge in [0.15, 0.2) is 5.03 Å². The first-order chi connectivity index (χ1) is 7.49. The van der Waals surface area contributed by atoms with Gasteiger partial charge in [0.25, 0.3) is 10.0 Å². The fraction of sp³-hybridized carbons (Fsp3) is 0.667. The fourth-order valence-electron chi connectivity index (χ4n) is 1.27. The Balaban J connectivity index is 2.77. The topological polar surface area (TPSA) is 74.8 Å². The third kappa shape index (κ3) is 3.50. The lowest BCUT2D eigenvalue weighted by Gasteiger charge is -2.11. The van der Waals surface area contributed by atoms with Crippen LogP contribution in [-0.2, 0) is 16.4 Å². The van der Waals surface area contributed by atoms with Crippen LogP contribution in [-0.4, -0.2) is 36.4 Å². The molecule has 1 unspecified atom stereocenters. The molecular formula is C9H17N3O2S2. The van der Waals surface area contributed by atoms with Gasteiger partial charge in [-0.3, -0.25) is 0 Å². The first-order valence-corrected chi connectivity index (χ1v) is 7.92. The molecule has 0 aliphatic rings. The molecule has 1 aromatic heterocycles. The van der Waals surface area contributed by atoms with E-state index in [9.17, 15) is 8.42 Å². The van der Waals surface area contributed by atoms with Gasteiger partial charge in [-0.15, -0.1) is 0 Å². The Morgan fingerprint density at radius 2 is 2.31 bits per heavy atom. The predicted molar refractivity (Wildman–Crippen MR) is 66.1 cm³/mol. The van der Waals surface area contributed by atoms with Crippen LogP contribution in [0.2, 0.25) is 0 Å². The first-order valence-electron chi connectivity index (χ1n) is 5.04. The van der Waals surface area contributed by atoms with Crippen molar-refractivity contribution < 1.29 is 8.42 Å². The molecule has 92 valence electrons. The van der Waals surface area contributed by atoms with Gasteiger partial charge in [0.1, 0.15) is 5.82 Å². The highest BCUT2D eigenvalue weighted by Crippen LogP contribution is 2.08. The number of aromatic nitrogens is 2. The fourth-order valence-corrected chi connectivity index (χ4v) is 3.14. The zero-order valence-electron chi connectivity index (χ0n) is 9.65. The molecule has 0 fully saturated rings. The number of aryl methyl sites for hydroxylation is 1. The molecular weight excluding hydrogens is 246 g/mol. The van der Waals surface area contributed by atoms with E-state index < -0.39 is 10.0 Å². The predicted octanol–water partition coefficient (Wildman–Crippen LogP) is 1.00. The minimum atomic E-state index is -3.45. The number of H-pyrrole nitrogens is 1. The number of rotatable bonds is 6. The number of imidazole rings is 1. The highest BCUT2D eigenvalue weighted by molar-refractivity contribution is 7.98. The van der Waals surface area contributed by atoms with Crippen molar-refractivity contribution in [2.45, 2.75) is 31.3 Å². The average molecular weight is 263 g/mol. The molecule has 1 rings (SSSR count). The summed E-state index contributed by atoms with van der Waals surface area (Å²) in [6.45, 7) is 3.75. The molecule has 16 heavy (non-hydrogen) atoms. The number of nitrogens with zero attached hydrogens (tertiary/aromatic N) is 1. The van der Waals surface area contributed by atoms with Crippen LogP contribution < -0.4 is 4.72 Å². The second-order valence-corrected chi connectivity index (χ2v) is 6.12. The number of thioether (sulfide) groups is 1. The van der Waals surface area contributed by atoms with E-state index in [-0.39, 0.29) is 11.1 Å². The molecule has 2 N–H and O–H groups in total. The number of sulfonamides is 1. The van der Waals surface area contributed by atoms with Gasteiger partial charge in [0, 0.05) is 18.2 Å². The Kier molecular flexibility index (Phi) is 4.82. The minimum Gasteiger partial charge on any atom is -0.332 e. The minimum absolute atomic E-state index is 0.0895. The summed E-state index contributed by atoms with van der Waals surface area (Å²) in [5.74, 6) is 1.42. The largest absolute Gasteiger partial charge is 0.332 e. The van der Waals surface area contributed by atoms with Crippen molar-refractivity contribution in [3.05, 3.63) is 12.0 Å². The molecule has 0 aromatic carbocycles. The second-order valence-electron chi connectivity index (χ2n) is 3.53. The number of nitrogens with one attached hydrogen (secondary N) is 2. The first kappa shape index (κ1) is 13.5. The zero-order chi connectivity index (χ0) is 12.2. The van der Waals surface area contributed by atoms with Crippen LogP contribution in [0.5, 0.6) is 0 Å². The van der Waals surface area contributed by atoms with Gasteiger partial charge in [0.2, 0.25) is 0 Å². The number of aromatic amines is 1. The maximum Gasteiger partial charge on any atom is 0.257 e. The van der Waals surface area contributed by atoms with Crippen LogP contribution in [0.3, 0.4) is 0 Å². The zero-order valence-corrected chi connectivity index (χ0v) is 11.3. The molecule has 1 heterocycles. The maximum absolute atomic E-state index is 11.9. The molecule has 0 aliphatic carbocycles. The summed E-state index contributed by atoms with van der Waals surface area (Å²) in [6, 6.07) is -0.0895. The second kappa shape index (κ2) is 5.70. The van der Waals surface area contributed by atoms with Crippen molar-refractivity contribution in [2.75, 3.05) is 12.0 Å². The molecule has 0 radical (unpaired) electrons. The lowest BCUT2D eigenvalue weighted by Crippen LogP contribution is -2.34. The third-order valence-corrected chi connectivity index (χ3v) is 4.34. The van der Waals surface area contributed by atoms with Crippen molar-refractivity contribution in [3.63, 3.8) is 0 Å². The Morgan fingerprint density at radius 1 is 1.62 bits per heavy atom. The van der Waals surface area contributed by atoms with Gasteiger partial charge < -0.3 is 4.98 Å². The van der Waals surface area contributed by atoms with Gasteiger partial charge in [-0.25, -0.2) is 18.1 Å². The van der Waals surface area contributed by atoms with E-state index in [1.807, 2.05) is 20.1 Å². The highest BCUT2D eigenvalue weighted by Gasteiger charge is 2.19.